The average molecular weight is 472 g/mol. The molecule has 33 heavy (non-hydrogen) atoms. The summed E-state index contributed by atoms with van der Waals surface area (Å²) in [4.78, 5) is 73.1. The summed E-state index contributed by atoms with van der Waals surface area (Å²) in [7, 11) is 0. The molecule has 0 aromatic heterocycles. The number of aliphatic carboxylic acids is 2. The predicted molar refractivity (Wildman–Crippen MR) is 114 cm³/mol. The van der Waals surface area contributed by atoms with Gasteiger partial charge in [-0.25, -0.2) is 4.79 Å². The first-order chi connectivity index (χ1) is 15.4. The maximum atomic E-state index is 13.1. The molecule has 0 bridgehead atoms. The Bertz CT molecular complexity index is 774. The van der Waals surface area contributed by atoms with Gasteiger partial charge in [-0.2, -0.15) is 0 Å². The van der Waals surface area contributed by atoms with Crippen LogP contribution in [0.1, 0.15) is 52.4 Å². The van der Waals surface area contributed by atoms with Gasteiger partial charge in [-0.3, -0.25) is 24.0 Å². The van der Waals surface area contributed by atoms with Gasteiger partial charge in [0.2, 0.25) is 23.6 Å². The lowest BCUT2D eigenvalue weighted by Gasteiger charge is -2.30. The number of nitrogens with two attached hydrogens (primary N) is 2. The third-order valence-corrected chi connectivity index (χ3v) is 5.64. The van der Waals surface area contributed by atoms with E-state index in [1.54, 1.807) is 13.8 Å². The van der Waals surface area contributed by atoms with Gasteiger partial charge >= 0.3 is 11.9 Å². The van der Waals surface area contributed by atoms with E-state index < -0.39 is 66.2 Å². The molecule has 1 aliphatic rings. The summed E-state index contributed by atoms with van der Waals surface area (Å²) in [5.74, 6) is -5.77. The first kappa shape index (κ1) is 27.8. The van der Waals surface area contributed by atoms with Gasteiger partial charge in [0.25, 0.3) is 0 Å². The van der Waals surface area contributed by atoms with Crippen LogP contribution in [0.3, 0.4) is 0 Å². The maximum absolute atomic E-state index is 13.1. The minimum Gasteiger partial charge on any atom is -0.481 e. The minimum absolute atomic E-state index is 0.161. The van der Waals surface area contributed by atoms with Crippen LogP contribution in [0, 0.1) is 5.92 Å². The number of nitrogens with one attached hydrogen (secondary N) is 2. The molecule has 0 spiro atoms. The van der Waals surface area contributed by atoms with Crippen LogP contribution in [-0.2, 0) is 28.8 Å². The smallest absolute Gasteiger partial charge is 0.326 e. The standard InChI is InChI=1S/C20H33N5O8/c1-3-10(2)16(20(32)33)24-18(30)13-5-4-8-25(13)19(31)12(9-14(22)26)23-17(29)11(21)6-7-15(27)28/h10-13,16H,3-9,21H2,1-2H3,(H2,22,26)(H,23,29)(H,24,30)(H,27,28)(H,32,33). The third kappa shape index (κ3) is 8.33. The highest BCUT2D eigenvalue weighted by molar-refractivity contribution is 5.96. The second kappa shape index (κ2) is 12.7. The Hall–Kier alpha value is -3.22. The van der Waals surface area contributed by atoms with E-state index in [0.29, 0.717) is 12.8 Å². The van der Waals surface area contributed by atoms with Crippen molar-refractivity contribution in [2.24, 2.45) is 17.4 Å². The van der Waals surface area contributed by atoms with Gasteiger partial charge in [0.15, 0.2) is 0 Å². The van der Waals surface area contributed by atoms with E-state index in [-0.39, 0.29) is 31.7 Å². The van der Waals surface area contributed by atoms with E-state index in [4.69, 9.17) is 16.6 Å². The lowest BCUT2D eigenvalue weighted by atomic mass is 9.98. The van der Waals surface area contributed by atoms with Crippen molar-refractivity contribution in [2.45, 2.75) is 76.5 Å². The van der Waals surface area contributed by atoms with Gasteiger partial charge in [-0.1, -0.05) is 20.3 Å². The van der Waals surface area contributed by atoms with Gasteiger partial charge < -0.3 is 37.2 Å². The number of rotatable bonds is 13. The summed E-state index contributed by atoms with van der Waals surface area (Å²) in [6.07, 6.45) is 0.156. The van der Waals surface area contributed by atoms with Crippen LogP contribution in [0.2, 0.25) is 0 Å². The Balaban J connectivity index is 2.96. The molecular formula is C20H33N5O8. The summed E-state index contributed by atoms with van der Waals surface area (Å²) < 4.78 is 0. The van der Waals surface area contributed by atoms with Crippen LogP contribution in [0.4, 0.5) is 0 Å². The zero-order chi connectivity index (χ0) is 25.3. The van der Waals surface area contributed by atoms with Crippen molar-refractivity contribution in [3.63, 3.8) is 0 Å². The van der Waals surface area contributed by atoms with Gasteiger partial charge in [-0.05, 0) is 25.2 Å². The second-order valence-electron chi connectivity index (χ2n) is 8.17. The lowest BCUT2D eigenvalue weighted by molar-refractivity contribution is -0.146. The van der Waals surface area contributed by atoms with E-state index in [9.17, 15) is 33.9 Å². The number of carboxylic acids is 2. The first-order valence-electron chi connectivity index (χ1n) is 10.8. The highest BCUT2D eigenvalue weighted by Crippen LogP contribution is 2.20. The molecular weight excluding hydrogens is 438 g/mol. The lowest BCUT2D eigenvalue weighted by Crippen LogP contribution is -2.58. The molecule has 0 saturated carbocycles. The fourth-order valence-electron chi connectivity index (χ4n) is 3.53. The molecule has 0 aromatic carbocycles. The Morgan fingerprint density at radius 2 is 1.76 bits per heavy atom. The van der Waals surface area contributed by atoms with Crippen molar-refractivity contribution >= 4 is 35.6 Å². The molecule has 1 fully saturated rings. The minimum atomic E-state index is -1.40. The number of carboxylic acid groups (broad SMARTS) is 2. The molecule has 5 unspecified atom stereocenters. The van der Waals surface area contributed by atoms with Crippen LogP contribution in [0.5, 0.6) is 0 Å². The molecule has 4 amide bonds. The number of hydrogen-bond donors (Lipinski definition) is 6. The van der Waals surface area contributed by atoms with E-state index in [1.165, 1.54) is 4.90 Å². The summed E-state index contributed by atoms with van der Waals surface area (Å²) >= 11 is 0. The molecule has 1 aliphatic heterocycles. The average Bonchev–Trinajstić information content (AvgIpc) is 3.23. The highest BCUT2D eigenvalue weighted by Gasteiger charge is 2.40. The number of nitrogens with zero attached hydrogens (tertiary/aromatic N) is 1. The van der Waals surface area contributed by atoms with Crippen molar-refractivity contribution in [3.8, 4) is 0 Å². The number of carbonyl (C=O) groups is 6. The van der Waals surface area contributed by atoms with Crippen LogP contribution in [-0.4, -0.2) is 81.4 Å². The van der Waals surface area contributed by atoms with Gasteiger partial charge in [0.1, 0.15) is 18.1 Å². The molecule has 8 N–H and O–H groups in total. The zero-order valence-electron chi connectivity index (χ0n) is 18.8. The van der Waals surface area contributed by atoms with Crippen LogP contribution in [0.15, 0.2) is 0 Å². The second-order valence-corrected chi connectivity index (χ2v) is 8.17. The summed E-state index contributed by atoms with van der Waals surface area (Å²) in [5.41, 5.74) is 10.9. The fraction of sp³-hybridized carbons (Fsp3) is 0.700. The number of hydrogen-bond acceptors (Lipinski definition) is 7. The zero-order valence-corrected chi connectivity index (χ0v) is 18.8. The molecule has 0 aliphatic carbocycles. The van der Waals surface area contributed by atoms with E-state index >= 15 is 0 Å². The molecule has 1 rings (SSSR count). The maximum Gasteiger partial charge on any atom is 0.326 e. The largest absolute Gasteiger partial charge is 0.481 e. The highest BCUT2D eigenvalue weighted by atomic mass is 16.4. The summed E-state index contributed by atoms with van der Waals surface area (Å²) in [5, 5.41) is 22.9. The number of amides is 4. The summed E-state index contributed by atoms with van der Waals surface area (Å²) in [6, 6.07) is -4.73. The van der Waals surface area contributed by atoms with E-state index in [1.807, 2.05) is 0 Å². The number of primary amides is 1. The van der Waals surface area contributed by atoms with Crippen molar-refractivity contribution in [3.05, 3.63) is 0 Å². The summed E-state index contributed by atoms with van der Waals surface area (Å²) in [6.45, 7) is 3.63. The van der Waals surface area contributed by atoms with Crippen LogP contribution in [0.25, 0.3) is 0 Å². The monoisotopic (exact) mass is 471 g/mol. The normalized spacial score (nSPS) is 19.1. The third-order valence-electron chi connectivity index (χ3n) is 5.64. The molecule has 1 saturated heterocycles. The quantitative estimate of drug-likeness (QED) is 0.177. The van der Waals surface area contributed by atoms with Gasteiger partial charge in [0, 0.05) is 13.0 Å². The molecule has 13 heteroatoms. The van der Waals surface area contributed by atoms with Gasteiger partial charge in [0.05, 0.1) is 12.5 Å². The van der Waals surface area contributed by atoms with E-state index in [0.717, 1.165) is 0 Å². The first-order valence-corrected chi connectivity index (χ1v) is 10.8. The molecule has 1 heterocycles. The van der Waals surface area contributed by atoms with Crippen molar-refractivity contribution in [1.29, 1.82) is 0 Å². The Labute approximate surface area is 191 Å². The van der Waals surface area contributed by atoms with Crippen LogP contribution >= 0.6 is 0 Å². The fourth-order valence-corrected chi connectivity index (χ4v) is 3.53. The number of carbonyl (C=O) groups excluding carboxylic acids is 4. The Kier molecular flexibility index (Phi) is 10.7. The molecule has 0 radical (unpaired) electrons. The van der Waals surface area contributed by atoms with Crippen LogP contribution < -0.4 is 22.1 Å². The molecule has 186 valence electrons. The van der Waals surface area contributed by atoms with Crippen molar-refractivity contribution in [2.75, 3.05) is 6.54 Å². The predicted octanol–water partition coefficient (Wildman–Crippen LogP) is -1.85. The molecule has 0 aromatic rings. The SMILES string of the molecule is CCC(C)C(NC(=O)C1CCCN1C(=O)C(CC(N)=O)NC(=O)C(N)CCC(=O)O)C(=O)O. The Morgan fingerprint density at radius 1 is 1.12 bits per heavy atom. The number of likely N-dealkylation sites (tertiary alicyclic amines) is 1. The van der Waals surface area contributed by atoms with Crippen molar-refractivity contribution < 1.29 is 39.0 Å². The van der Waals surface area contributed by atoms with E-state index in [2.05, 4.69) is 10.6 Å². The molecule has 13 nitrogen and oxygen atoms in total. The topological polar surface area (TPSA) is 222 Å². The van der Waals surface area contributed by atoms with Gasteiger partial charge in [-0.15, -0.1) is 0 Å². The molecule has 5 atom stereocenters. The van der Waals surface area contributed by atoms with Crippen molar-refractivity contribution in [1.82, 2.24) is 15.5 Å². The Morgan fingerprint density at radius 3 is 2.27 bits per heavy atom.